The standard InChI is InChI=1S/C19H21N3O4/c1-19(18-20-16(21-26-18)12-3-4-12)7-2-8-22(10-19)17(23)13-5-6-14-15(9-13)25-11-24-14/h5-6,9,12H,2-4,7-8,10-11H2,1H3. The third-order valence-electron chi connectivity index (χ3n) is 5.50. The molecule has 3 aliphatic rings. The molecule has 26 heavy (non-hydrogen) atoms. The molecule has 1 aromatic heterocycles. The van der Waals surface area contributed by atoms with Crippen molar-refractivity contribution in [3.05, 3.63) is 35.5 Å². The zero-order valence-electron chi connectivity index (χ0n) is 14.7. The Morgan fingerprint density at radius 3 is 2.96 bits per heavy atom. The highest BCUT2D eigenvalue weighted by atomic mass is 16.7. The Labute approximate surface area is 151 Å². The Bertz CT molecular complexity index is 860. The zero-order chi connectivity index (χ0) is 17.7. The van der Waals surface area contributed by atoms with Crippen molar-refractivity contribution in [2.45, 2.75) is 43.9 Å². The molecule has 7 heteroatoms. The summed E-state index contributed by atoms with van der Waals surface area (Å²) in [5, 5.41) is 4.15. The summed E-state index contributed by atoms with van der Waals surface area (Å²) in [4.78, 5) is 19.5. The Kier molecular flexibility index (Phi) is 3.45. The minimum atomic E-state index is -0.301. The average molecular weight is 355 g/mol. The van der Waals surface area contributed by atoms with Gasteiger partial charge in [-0.1, -0.05) is 5.16 Å². The quantitative estimate of drug-likeness (QED) is 0.842. The normalized spacial score (nSPS) is 24.7. The van der Waals surface area contributed by atoms with Crippen LogP contribution in [0.1, 0.15) is 60.6 Å². The molecule has 1 amide bonds. The molecule has 1 atom stereocenters. The van der Waals surface area contributed by atoms with Crippen LogP contribution < -0.4 is 9.47 Å². The topological polar surface area (TPSA) is 77.7 Å². The Balaban J connectivity index is 1.36. The lowest BCUT2D eigenvalue weighted by molar-refractivity contribution is 0.0619. The van der Waals surface area contributed by atoms with Crippen LogP contribution >= 0.6 is 0 Å². The number of hydrogen-bond donors (Lipinski definition) is 0. The molecular formula is C19H21N3O4. The van der Waals surface area contributed by atoms with E-state index in [2.05, 4.69) is 17.1 Å². The largest absolute Gasteiger partial charge is 0.454 e. The second-order valence-electron chi connectivity index (χ2n) is 7.69. The summed E-state index contributed by atoms with van der Waals surface area (Å²) in [6, 6.07) is 5.34. The Hall–Kier alpha value is -2.57. The molecule has 136 valence electrons. The Morgan fingerprint density at radius 1 is 1.27 bits per heavy atom. The second kappa shape index (κ2) is 5.72. The number of piperidine rings is 1. The molecule has 1 aromatic carbocycles. The lowest BCUT2D eigenvalue weighted by Crippen LogP contribution is -2.47. The van der Waals surface area contributed by atoms with Crippen LogP contribution in [0.2, 0.25) is 0 Å². The number of rotatable bonds is 3. The predicted molar refractivity (Wildman–Crippen MR) is 91.3 cm³/mol. The molecule has 2 aliphatic heterocycles. The molecule has 0 N–H and O–H groups in total. The van der Waals surface area contributed by atoms with Crippen LogP contribution in [-0.4, -0.2) is 40.8 Å². The van der Waals surface area contributed by atoms with E-state index in [0.717, 1.165) is 38.1 Å². The average Bonchev–Trinajstić information content (AvgIpc) is 3.19. The molecule has 0 spiro atoms. The van der Waals surface area contributed by atoms with Gasteiger partial charge in [-0.25, -0.2) is 0 Å². The number of likely N-dealkylation sites (tertiary alicyclic amines) is 1. The molecular weight excluding hydrogens is 334 g/mol. The molecule has 1 unspecified atom stereocenters. The lowest BCUT2D eigenvalue weighted by atomic mass is 9.81. The minimum absolute atomic E-state index is 0.00356. The number of aromatic nitrogens is 2. The smallest absolute Gasteiger partial charge is 0.254 e. The molecule has 1 aliphatic carbocycles. The van der Waals surface area contributed by atoms with E-state index in [-0.39, 0.29) is 18.1 Å². The molecule has 1 saturated carbocycles. The van der Waals surface area contributed by atoms with Crippen molar-refractivity contribution in [1.29, 1.82) is 0 Å². The van der Waals surface area contributed by atoms with Crippen LogP contribution in [0.25, 0.3) is 0 Å². The molecule has 5 rings (SSSR count). The van der Waals surface area contributed by atoms with Gasteiger partial charge in [0.2, 0.25) is 12.7 Å². The van der Waals surface area contributed by atoms with Crippen LogP contribution in [0.3, 0.4) is 0 Å². The fraction of sp³-hybridized carbons (Fsp3) is 0.526. The van der Waals surface area contributed by atoms with Gasteiger partial charge >= 0.3 is 0 Å². The fourth-order valence-electron chi connectivity index (χ4n) is 3.79. The monoisotopic (exact) mass is 355 g/mol. The minimum Gasteiger partial charge on any atom is -0.454 e. The van der Waals surface area contributed by atoms with Gasteiger partial charge in [0.05, 0.1) is 5.41 Å². The Morgan fingerprint density at radius 2 is 2.12 bits per heavy atom. The maximum atomic E-state index is 13.0. The number of hydrogen-bond acceptors (Lipinski definition) is 6. The molecule has 0 radical (unpaired) electrons. The van der Waals surface area contributed by atoms with Crippen molar-refractivity contribution in [2.24, 2.45) is 0 Å². The fourth-order valence-corrected chi connectivity index (χ4v) is 3.79. The highest BCUT2D eigenvalue weighted by molar-refractivity contribution is 5.95. The van der Waals surface area contributed by atoms with Crippen molar-refractivity contribution >= 4 is 5.91 Å². The maximum absolute atomic E-state index is 13.0. The summed E-state index contributed by atoms with van der Waals surface area (Å²) >= 11 is 0. The first-order valence-corrected chi connectivity index (χ1v) is 9.15. The predicted octanol–water partition coefficient (Wildman–Crippen LogP) is 2.87. The number of fused-ring (bicyclic) bond motifs is 1. The summed E-state index contributed by atoms with van der Waals surface area (Å²) in [6.45, 7) is 3.62. The molecule has 1 saturated heterocycles. The molecule has 0 bridgehead atoms. The van der Waals surface area contributed by atoms with Gasteiger partial charge in [-0.2, -0.15) is 4.98 Å². The van der Waals surface area contributed by atoms with Gasteiger partial charge in [-0.15, -0.1) is 0 Å². The summed E-state index contributed by atoms with van der Waals surface area (Å²) < 4.78 is 16.3. The summed E-state index contributed by atoms with van der Waals surface area (Å²) in [5.41, 5.74) is 0.312. The van der Waals surface area contributed by atoms with E-state index in [1.165, 1.54) is 0 Å². The van der Waals surface area contributed by atoms with Gasteiger partial charge in [0.1, 0.15) is 0 Å². The summed E-state index contributed by atoms with van der Waals surface area (Å²) in [6.07, 6.45) is 4.13. The SMILES string of the molecule is CC1(c2nc(C3CC3)no2)CCCN(C(=O)c2ccc3c(c2)OCO3)C1. The van der Waals surface area contributed by atoms with Gasteiger partial charge < -0.3 is 18.9 Å². The zero-order valence-corrected chi connectivity index (χ0v) is 14.7. The van der Waals surface area contributed by atoms with Crippen LogP contribution in [0.5, 0.6) is 11.5 Å². The van der Waals surface area contributed by atoms with Crippen molar-refractivity contribution in [2.75, 3.05) is 19.9 Å². The number of nitrogens with zero attached hydrogens (tertiary/aromatic N) is 3. The number of ether oxygens (including phenoxy) is 2. The van der Waals surface area contributed by atoms with Crippen molar-refractivity contribution in [3.8, 4) is 11.5 Å². The van der Waals surface area contributed by atoms with Gasteiger partial charge in [0, 0.05) is 24.6 Å². The van der Waals surface area contributed by atoms with Crippen molar-refractivity contribution < 1.29 is 18.8 Å². The van der Waals surface area contributed by atoms with Crippen molar-refractivity contribution in [3.63, 3.8) is 0 Å². The van der Waals surface area contributed by atoms with E-state index in [9.17, 15) is 4.79 Å². The van der Waals surface area contributed by atoms with Crippen LogP contribution in [0.4, 0.5) is 0 Å². The van der Waals surface area contributed by atoms with Gasteiger partial charge in [-0.05, 0) is 50.8 Å². The van der Waals surface area contributed by atoms with E-state index < -0.39 is 0 Å². The van der Waals surface area contributed by atoms with Crippen molar-refractivity contribution in [1.82, 2.24) is 15.0 Å². The lowest BCUT2D eigenvalue weighted by Gasteiger charge is -2.38. The molecule has 7 nitrogen and oxygen atoms in total. The number of carbonyl (C=O) groups excluding carboxylic acids is 1. The highest BCUT2D eigenvalue weighted by Gasteiger charge is 2.41. The number of benzene rings is 1. The number of carbonyl (C=O) groups is 1. The third kappa shape index (κ3) is 2.62. The molecule has 3 heterocycles. The van der Waals surface area contributed by atoms with E-state index in [1.807, 2.05) is 4.90 Å². The van der Waals surface area contributed by atoms with E-state index in [4.69, 9.17) is 14.0 Å². The highest BCUT2D eigenvalue weighted by Crippen LogP contribution is 2.40. The number of amides is 1. The first kappa shape index (κ1) is 15.7. The van der Waals surface area contributed by atoms with Crippen LogP contribution in [0.15, 0.2) is 22.7 Å². The molecule has 2 fully saturated rings. The maximum Gasteiger partial charge on any atom is 0.254 e. The van der Waals surface area contributed by atoms with Crippen LogP contribution in [0, 0.1) is 0 Å². The summed E-state index contributed by atoms with van der Waals surface area (Å²) in [5.74, 6) is 3.25. The van der Waals surface area contributed by atoms with Gasteiger partial charge in [-0.3, -0.25) is 4.79 Å². The first-order chi connectivity index (χ1) is 12.6. The third-order valence-corrected chi connectivity index (χ3v) is 5.50. The summed E-state index contributed by atoms with van der Waals surface area (Å²) in [7, 11) is 0. The van der Waals surface area contributed by atoms with E-state index in [1.54, 1.807) is 18.2 Å². The van der Waals surface area contributed by atoms with E-state index in [0.29, 0.717) is 35.4 Å². The van der Waals surface area contributed by atoms with E-state index >= 15 is 0 Å². The van der Waals surface area contributed by atoms with Crippen LogP contribution in [-0.2, 0) is 5.41 Å². The first-order valence-electron chi connectivity index (χ1n) is 9.15. The second-order valence-corrected chi connectivity index (χ2v) is 7.69. The van der Waals surface area contributed by atoms with Gasteiger partial charge in [0.25, 0.3) is 5.91 Å². The molecule has 2 aromatic rings. The van der Waals surface area contributed by atoms with Gasteiger partial charge in [0.15, 0.2) is 17.3 Å².